The number of hydrogen-bond donors (Lipinski definition) is 0. The molecule has 0 aromatic heterocycles. The van der Waals surface area contributed by atoms with E-state index in [1.807, 2.05) is 12.1 Å². The first-order valence-corrected chi connectivity index (χ1v) is 15.2. The number of ether oxygens (including phenoxy) is 1. The molecule has 36 heavy (non-hydrogen) atoms. The van der Waals surface area contributed by atoms with Crippen LogP contribution in [0.2, 0.25) is 0 Å². The smallest absolute Gasteiger partial charge is 0.134 e. The van der Waals surface area contributed by atoms with Crippen molar-refractivity contribution >= 4 is 0 Å². The maximum Gasteiger partial charge on any atom is 0.134 e. The van der Waals surface area contributed by atoms with Crippen LogP contribution < -0.4 is 4.74 Å². The fraction of sp³-hybridized carbons (Fsp3) is 0.647. The third-order valence-electron chi connectivity index (χ3n) is 8.19. The normalized spacial score (nSPS) is 17.9. The van der Waals surface area contributed by atoms with Crippen LogP contribution in [0, 0.1) is 17.7 Å². The van der Waals surface area contributed by atoms with Crippen LogP contribution in [0.4, 0.5) is 4.39 Å². The van der Waals surface area contributed by atoms with Crippen molar-refractivity contribution in [2.75, 3.05) is 6.61 Å². The predicted molar refractivity (Wildman–Crippen MR) is 153 cm³/mol. The zero-order chi connectivity index (χ0) is 25.4. The fourth-order valence-corrected chi connectivity index (χ4v) is 5.72. The van der Waals surface area contributed by atoms with E-state index >= 15 is 0 Å². The molecule has 0 amide bonds. The molecular weight excluding hydrogens is 443 g/mol. The summed E-state index contributed by atoms with van der Waals surface area (Å²) >= 11 is 0. The highest BCUT2D eigenvalue weighted by Crippen LogP contribution is 2.33. The fourth-order valence-electron chi connectivity index (χ4n) is 5.72. The average molecular weight is 495 g/mol. The molecule has 0 spiro atoms. The van der Waals surface area contributed by atoms with Gasteiger partial charge < -0.3 is 4.74 Å². The van der Waals surface area contributed by atoms with Crippen LogP contribution in [0.15, 0.2) is 42.5 Å². The van der Waals surface area contributed by atoms with Crippen molar-refractivity contribution in [3.8, 4) is 16.9 Å². The Morgan fingerprint density at radius 1 is 0.694 bits per heavy atom. The van der Waals surface area contributed by atoms with Crippen molar-refractivity contribution in [2.24, 2.45) is 11.8 Å². The lowest BCUT2D eigenvalue weighted by Crippen LogP contribution is -2.20. The number of hydrogen-bond acceptors (Lipinski definition) is 1. The first kappa shape index (κ1) is 28.7. The number of aryl methyl sites for hydroxylation is 1. The molecule has 0 heterocycles. The quantitative estimate of drug-likeness (QED) is 0.199. The molecule has 2 aromatic carbocycles. The highest BCUT2D eigenvalue weighted by atomic mass is 19.1. The minimum Gasteiger partial charge on any atom is -0.493 e. The van der Waals surface area contributed by atoms with E-state index in [0.717, 1.165) is 24.5 Å². The molecular formula is C34H51FO. The summed E-state index contributed by atoms with van der Waals surface area (Å²) in [6.07, 6.45) is 22.5. The lowest BCUT2D eigenvalue weighted by atomic mass is 9.80. The molecule has 2 aromatic rings. The van der Waals surface area contributed by atoms with E-state index in [1.54, 1.807) is 6.07 Å². The molecule has 1 nitrogen and oxygen atoms in total. The number of unbranched alkanes of at least 4 members (excludes halogenated alkanes) is 9. The van der Waals surface area contributed by atoms with Gasteiger partial charge in [0.25, 0.3) is 0 Å². The van der Waals surface area contributed by atoms with Gasteiger partial charge in [0.2, 0.25) is 0 Å². The molecule has 1 aliphatic carbocycles. The van der Waals surface area contributed by atoms with E-state index in [2.05, 4.69) is 38.1 Å². The van der Waals surface area contributed by atoms with Gasteiger partial charge in [-0.25, -0.2) is 4.39 Å². The van der Waals surface area contributed by atoms with E-state index < -0.39 is 0 Å². The van der Waals surface area contributed by atoms with Gasteiger partial charge in [-0.3, -0.25) is 0 Å². The Balaban J connectivity index is 1.36. The van der Waals surface area contributed by atoms with Crippen LogP contribution in [0.25, 0.3) is 11.1 Å². The Bertz CT molecular complexity index is 835. The van der Waals surface area contributed by atoms with Crippen LogP contribution in [0.3, 0.4) is 0 Å². The van der Waals surface area contributed by atoms with E-state index in [1.165, 1.54) is 108 Å². The molecule has 0 bridgehead atoms. The minimum absolute atomic E-state index is 0.192. The van der Waals surface area contributed by atoms with Gasteiger partial charge in [0.05, 0.1) is 6.61 Å². The maximum atomic E-state index is 14.9. The molecule has 0 unspecified atom stereocenters. The highest BCUT2D eigenvalue weighted by molar-refractivity contribution is 5.65. The monoisotopic (exact) mass is 494 g/mol. The van der Waals surface area contributed by atoms with Crippen molar-refractivity contribution < 1.29 is 9.13 Å². The topological polar surface area (TPSA) is 9.23 Å². The van der Waals surface area contributed by atoms with E-state index in [4.69, 9.17) is 4.74 Å². The summed E-state index contributed by atoms with van der Waals surface area (Å²) in [5.41, 5.74) is 2.95. The molecule has 0 radical (unpaired) electrons. The van der Waals surface area contributed by atoms with Crippen molar-refractivity contribution in [3.63, 3.8) is 0 Å². The molecule has 0 aliphatic heterocycles. The number of rotatable bonds is 17. The predicted octanol–water partition coefficient (Wildman–Crippen LogP) is 10.9. The first-order valence-electron chi connectivity index (χ1n) is 15.2. The van der Waals surface area contributed by atoms with Crippen molar-refractivity contribution in [1.82, 2.24) is 0 Å². The zero-order valence-corrected chi connectivity index (χ0v) is 23.2. The molecule has 3 rings (SSSR count). The number of halogens is 1. The van der Waals surface area contributed by atoms with E-state index in [9.17, 15) is 4.39 Å². The zero-order valence-electron chi connectivity index (χ0n) is 23.2. The molecule has 2 heteroatoms. The summed E-state index contributed by atoms with van der Waals surface area (Å²) in [4.78, 5) is 0. The summed E-state index contributed by atoms with van der Waals surface area (Å²) in [7, 11) is 0. The Labute approximate surface area is 221 Å². The third-order valence-corrected chi connectivity index (χ3v) is 8.19. The van der Waals surface area contributed by atoms with Gasteiger partial charge in [-0.1, -0.05) is 122 Å². The third kappa shape index (κ3) is 10.3. The molecule has 1 aliphatic rings. The molecule has 1 fully saturated rings. The van der Waals surface area contributed by atoms with Crippen LogP contribution in [-0.2, 0) is 6.42 Å². The summed E-state index contributed by atoms with van der Waals surface area (Å²) in [5.74, 6) is 2.00. The van der Waals surface area contributed by atoms with E-state index in [-0.39, 0.29) is 5.82 Å². The van der Waals surface area contributed by atoms with Crippen LogP contribution in [0.1, 0.15) is 122 Å². The summed E-state index contributed by atoms with van der Waals surface area (Å²) in [6, 6.07) is 13.8. The standard InChI is InChI=1S/C34H51FO/c1-3-5-7-9-11-13-14-28-16-18-30(19-17-28)27-36-32-24-25-33(34(35)26-32)31-22-20-29(21-23-31)15-12-10-8-6-4-2/h20-26,28,30H,3-19,27H2,1-2H3. The second-order valence-electron chi connectivity index (χ2n) is 11.3. The molecule has 0 N–H and O–H groups in total. The van der Waals surface area contributed by atoms with Gasteiger partial charge in [0.15, 0.2) is 0 Å². The Hall–Kier alpha value is -1.83. The van der Waals surface area contributed by atoms with Crippen molar-refractivity contribution in [3.05, 3.63) is 53.8 Å². The maximum absolute atomic E-state index is 14.9. The lowest BCUT2D eigenvalue weighted by molar-refractivity contribution is 0.177. The summed E-state index contributed by atoms with van der Waals surface area (Å²) in [5, 5.41) is 0. The summed E-state index contributed by atoms with van der Waals surface area (Å²) < 4.78 is 21.0. The SMILES string of the molecule is CCCCCCCCC1CCC(COc2ccc(-c3ccc(CCCCCCC)cc3)c(F)c2)CC1. The van der Waals surface area contributed by atoms with Gasteiger partial charge in [0.1, 0.15) is 11.6 Å². The van der Waals surface area contributed by atoms with Crippen molar-refractivity contribution in [2.45, 2.75) is 123 Å². The van der Waals surface area contributed by atoms with Crippen molar-refractivity contribution in [1.29, 1.82) is 0 Å². The second-order valence-corrected chi connectivity index (χ2v) is 11.3. The second kappa shape index (κ2) is 16.8. The largest absolute Gasteiger partial charge is 0.493 e. The lowest BCUT2D eigenvalue weighted by Gasteiger charge is -2.28. The van der Waals surface area contributed by atoms with Gasteiger partial charge in [-0.15, -0.1) is 0 Å². The Morgan fingerprint density at radius 2 is 1.31 bits per heavy atom. The Morgan fingerprint density at radius 3 is 1.97 bits per heavy atom. The van der Waals surface area contributed by atoms with Crippen LogP contribution in [0.5, 0.6) is 5.75 Å². The molecule has 200 valence electrons. The molecule has 0 atom stereocenters. The highest BCUT2D eigenvalue weighted by Gasteiger charge is 2.21. The van der Waals surface area contributed by atoms with Gasteiger partial charge in [-0.05, 0) is 60.8 Å². The Kier molecular flexibility index (Phi) is 13.4. The summed E-state index contributed by atoms with van der Waals surface area (Å²) in [6.45, 7) is 5.25. The van der Waals surface area contributed by atoms with Gasteiger partial charge >= 0.3 is 0 Å². The van der Waals surface area contributed by atoms with Gasteiger partial charge in [0, 0.05) is 11.6 Å². The van der Waals surface area contributed by atoms with E-state index in [0.29, 0.717) is 17.2 Å². The number of benzene rings is 2. The van der Waals surface area contributed by atoms with Gasteiger partial charge in [-0.2, -0.15) is 0 Å². The molecule has 0 saturated heterocycles. The average Bonchev–Trinajstić information content (AvgIpc) is 2.90. The minimum atomic E-state index is -0.192. The first-order chi connectivity index (χ1) is 17.7. The molecule has 1 saturated carbocycles. The van der Waals surface area contributed by atoms with Crippen LogP contribution in [-0.4, -0.2) is 6.61 Å². The van der Waals surface area contributed by atoms with Crippen LogP contribution >= 0.6 is 0 Å².